The summed E-state index contributed by atoms with van der Waals surface area (Å²) >= 11 is 12.5. The topological polar surface area (TPSA) is 59.4 Å². The average molecular weight is 513 g/mol. The van der Waals surface area contributed by atoms with E-state index in [2.05, 4.69) is 35.2 Å². The zero-order chi connectivity index (χ0) is 24.5. The van der Waals surface area contributed by atoms with Crippen molar-refractivity contribution in [3.05, 3.63) is 75.4 Å². The van der Waals surface area contributed by atoms with Gasteiger partial charge in [-0.05, 0) is 50.5 Å². The van der Waals surface area contributed by atoms with Crippen LogP contribution in [0.25, 0.3) is 10.9 Å². The van der Waals surface area contributed by atoms with Crippen molar-refractivity contribution < 1.29 is 9.53 Å². The fraction of sp³-hybridized carbons (Fsp3) is 0.407. The van der Waals surface area contributed by atoms with E-state index in [4.69, 9.17) is 27.9 Å². The van der Waals surface area contributed by atoms with Gasteiger partial charge in [-0.3, -0.25) is 14.4 Å². The van der Waals surface area contributed by atoms with Gasteiger partial charge in [-0.2, -0.15) is 5.10 Å². The lowest BCUT2D eigenvalue weighted by Crippen LogP contribution is -2.60. The standard InChI is InChI=1S/C27H30Cl2N4O2/c1-17(2)9-10-33-25-6-4-3-5-23(25)26(31-33)27(34)30-20-12-21-15-35-16-22(13-20)32(21)14-18-7-8-19(28)11-24(18)29/h3-9,11,20-22H,10,12-16H2,1-2H3,(H,30,34)/t20-,21-,22+. The van der Waals surface area contributed by atoms with Crippen LogP contribution in [0.2, 0.25) is 10.0 Å². The van der Waals surface area contributed by atoms with Gasteiger partial charge in [0.05, 0.1) is 25.3 Å². The number of ether oxygens (including phenoxy) is 1. The number of halogens is 2. The number of aromatic nitrogens is 2. The van der Waals surface area contributed by atoms with Gasteiger partial charge in [-0.1, -0.05) is 59.1 Å². The third-order valence-electron chi connectivity index (χ3n) is 6.92. The number of carbonyl (C=O) groups excluding carboxylic acids is 1. The number of hydrogen-bond acceptors (Lipinski definition) is 4. The lowest BCUT2D eigenvalue weighted by molar-refractivity contribution is -0.0843. The maximum atomic E-state index is 13.4. The predicted molar refractivity (Wildman–Crippen MR) is 140 cm³/mol. The van der Waals surface area contributed by atoms with Gasteiger partial charge in [-0.25, -0.2) is 0 Å². The zero-order valence-electron chi connectivity index (χ0n) is 20.0. The molecule has 2 aliphatic rings. The van der Waals surface area contributed by atoms with Crippen LogP contribution in [-0.2, 0) is 17.8 Å². The van der Waals surface area contributed by atoms with E-state index in [1.54, 1.807) is 6.07 Å². The molecule has 0 radical (unpaired) electrons. The van der Waals surface area contributed by atoms with Crippen LogP contribution in [0.5, 0.6) is 0 Å². The quantitative estimate of drug-likeness (QED) is 0.444. The van der Waals surface area contributed by atoms with Crippen molar-refractivity contribution in [3.63, 3.8) is 0 Å². The van der Waals surface area contributed by atoms with E-state index >= 15 is 0 Å². The number of rotatable bonds is 6. The second-order valence-electron chi connectivity index (χ2n) is 9.72. The van der Waals surface area contributed by atoms with Gasteiger partial charge in [0.15, 0.2) is 5.69 Å². The number of nitrogens with one attached hydrogen (secondary N) is 1. The minimum Gasteiger partial charge on any atom is -0.378 e. The SMILES string of the molecule is CC(C)=CCn1nc(C(=O)N[C@H]2C[C@H]3COC[C@@H](C2)N3Cc2ccc(Cl)cc2Cl)c2ccccc21. The lowest BCUT2D eigenvalue weighted by atomic mass is 9.89. The Morgan fingerprint density at radius 1 is 1.14 bits per heavy atom. The molecule has 5 rings (SSSR count). The number of hydrogen-bond donors (Lipinski definition) is 1. The van der Waals surface area contributed by atoms with Crippen molar-refractivity contribution >= 4 is 40.0 Å². The molecule has 3 atom stereocenters. The van der Waals surface area contributed by atoms with E-state index in [0.29, 0.717) is 35.5 Å². The molecule has 6 nitrogen and oxygen atoms in total. The summed E-state index contributed by atoms with van der Waals surface area (Å²) in [5.41, 5.74) is 3.73. The first-order chi connectivity index (χ1) is 16.9. The van der Waals surface area contributed by atoms with Crippen molar-refractivity contribution in [1.29, 1.82) is 0 Å². The molecule has 1 amide bonds. The number of para-hydroxylation sites is 1. The Labute approximate surface area is 215 Å². The number of amides is 1. The van der Waals surface area contributed by atoms with Gasteiger partial charge in [0.2, 0.25) is 0 Å². The normalized spacial score (nSPS) is 22.2. The fourth-order valence-electron chi connectivity index (χ4n) is 5.17. The van der Waals surface area contributed by atoms with E-state index in [0.717, 1.165) is 35.9 Å². The number of allylic oxidation sites excluding steroid dienone is 2. The van der Waals surface area contributed by atoms with Crippen molar-refractivity contribution in [2.75, 3.05) is 13.2 Å². The molecule has 2 aliphatic heterocycles. The molecular weight excluding hydrogens is 483 g/mol. The van der Waals surface area contributed by atoms with E-state index in [1.165, 1.54) is 5.57 Å². The molecule has 0 spiro atoms. The number of fused-ring (bicyclic) bond motifs is 3. The van der Waals surface area contributed by atoms with Crippen molar-refractivity contribution in [3.8, 4) is 0 Å². The minimum atomic E-state index is -0.115. The molecule has 35 heavy (non-hydrogen) atoms. The Balaban J connectivity index is 1.31. The van der Waals surface area contributed by atoms with Crippen LogP contribution in [0.1, 0.15) is 42.7 Å². The Kier molecular flexibility index (Phi) is 7.17. The molecule has 2 saturated heterocycles. The second-order valence-corrected chi connectivity index (χ2v) is 10.6. The molecule has 2 bridgehead atoms. The minimum absolute atomic E-state index is 0.0695. The largest absolute Gasteiger partial charge is 0.378 e. The first-order valence-electron chi connectivity index (χ1n) is 12.1. The third kappa shape index (κ3) is 5.26. The van der Waals surface area contributed by atoms with Gasteiger partial charge in [0, 0.05) is 40.1 Å². The molecule has 2 aromatic carbocycles. The van der Waals surface area contributed by atoms with Gasteiger partial charge in [0.1, 0.15) is 0 Å². The monoisotopic (exact) mass is 512 g/mol. The zero-order valence-corrected chi connectivity index (χ0v) is 21.5. The molecule has 1 aromatic heterocycles. The van der Waals surface area contributed by atoms with Crippen LogP contribution in [0.3, 0.4) is 0 Å². The van der Waals surface area contributed by atoms with Gasteiger partial charge in [-0.15, -0.1) is 0 Å². The van der Waals surface area contributed by atoms with Crippen molar-refractivity contribution in [2.45, 2.75) is 57.9 Å². The molecule has 2 fully saturated rings. The summed E-state index contributed by atoms with van der Waals surface area (Å²) in [6.45, 7) is 6.81. The molecule has 184 valence electrons. The summed E-state index contributed by atoms with van der Waals surface area (Å²) in [4.78, 5) is 15.8. The summed E-state index contributed by atoms with van der Waals surface area (Å²) in [5.74, 6) is -0.115. The molecule has 0 aliphatic carbocycles. The van der Waals surface area contributed by atoms with Crippen molar-refractivity contribution in [2.24, 2.45) is 0 Å². The number of morpholine rings is 1. The number of nitrogens with zero attached hydrogens (tertiary/aromatic N) is 3. The highest BCUT2D eigenvalue weighted by molar-refractivity contribution is 6.35. The number of piperidine rings is 1. The predicted octanol–water partition coefficient (Wildman–Crippen LogP) is 5.47. The highest BCUT2D eigenvalue weighted by Crippen LogP contribution is 2.32. The van der Waals surface area contributed by atoms with Gasteiger partial charge < -0.3 is 10.1 Å². The Hall–Kier alpha value is -2.38. The van der Waals surface area contributed by atoms with Gasteiger partial charge in [0.25, 0.3) is 5.91 Å². The molecule has 0 saturated carbocycles. The Morgan fingerprint density at radius 3 is 2.60 bits per heavy atom. The van der Waals surface area contributed by atoms with Crippen LogP contribution >= 0.6 is 23.2 Å². The maximum Gasteiger partial charge on any atom is 0.272 e. The summed E-state index contributed by atoms with van der Waals surface area (Å²) < 4.78 is 7.77. The molecular formula is C27H30Cl2N4O2. The van der Waals surface area contributed by atoms with E-state index in [9.17, 15) is 4.79 Å². The molecule has 3 aromatic rings. The van der Waals surface area contributed by atoms with E-state index in [-0.39, 0.29) is 24.0 Å². The molecule has 3 heterocycles. The number of carbonyl (C=O) groups is 1. The maximum absolute atomic E-state index is 13.4. The molecule has 1 N–H and O–H groups in total. The number of benzene rings is 2. The second kappa shape index (κ2) is 10.3. The Morgan fingerprint density at radius 2 is 1.89 bits per heavy atom. The van der Waals surface area contributed by atoms with Gasteiger partial charge >= 0.3 is 0 Å². The summed E-state index contributed by atoms with van der Waals surface area (Å²) in [5, 5.41) is 10.2. The van der Waals surface area contributed by atoms with Crippen LogP contribution < -0.4 is 5.32 Å². The van der Waals surface area contributed by atoms with Crippen molar-refractivity contribution in [1.82, 2.24) is 20.0 Å². The third-order valence-corrected chi connectivity index (χ3v) is 7.51. The van der Waals surface area contributed by atoms with Crippen LogP contribution in [0.15, 0.2) is 54.1 Å². The van der Waals surface area contributed by atoms with Crippen LogP contribution in [0.4, 0.5) is 0 Å². The fourth-order valence-corrected chi connectivity index (χ4v) is 5.64. The molecule has 8 heteroatoms. The van der Waals surface area contributed by atoms with E-state index < -0.39 is 0 Å². The average Bonchev–Trinajstić information content (AvgIpc) is 3.19. The van der Waals surface area contributed by atoms with Crippen LogP contribution in [0, 0.1) is 0 Å². The van der Waals surface area contributed by atoms with E-state index in [1.807, 2.05) is 41.1 Å². The first-order valence-corrected chi connectivity index (χ1v) is 12.8. The molecule has 0 unspecified atom stereocenters. The summed E-state index contributed by atoms with van der Waals surface area (Å²) in [7, 11) is 0. The lowest BCUT2D eigenvalue weighted by Gasteiger charge is -2.48. The first kappa shape index (κ1) is 24.3. The summed E-state index contributed by atoms with van der Waals surface area (Å²) in [6, 6.07) is 14.1. The van der Waals surface area contributed by atoms with Crippen LogP contribution in [-0.4, -0.2) is 51.9 Å². The Bertz CT molecular complexity index is 1250. The highest BCUT2D eigenvalue weighted by Gasteiger charge is 2.40. The summed E-state index contributed by atoms with van der Waals surface area (Å²) in [6.07, 6.45) is 3.76. The highest BCUT2D eigenvalue weighted by atomic mass is 35.5. The smallest absolute Gasteiger partial charge is 0.272 e.